The molecule has 20 heavy (non-hydrogen) atoms. The standard InChI is InChI=1S/C13H25N3O2S.ClH/c1-8(2)12(14)13(18)15-7-11(17)16-5-6-19-10(4)9(16)3;/h8-10,12H,5-7,14H2,1-4H3,(H,15,18);1H/t9?,10?,12-;/m0./s1. The van der Waals surface area contributed by atoms with Crippen LogP contribution in [0.3, 0.4) is 0 Å². The Hall–Kier alpha value is -0.460. The largest absolute Gasteiger partial charge is 0.346 e. The molecule has 1 heterocycles. The predicted octanol–water partition coefficient (Wildman–Crippen LogP) is 0.860. The van der Waals surface area contributed by atoms with Crippen LogP contribution in [0.15, 0.2) is 0 Å². The molecule has 2 unspecified atom stereocenters. The zero-order valence-electron chi connectivity index (χ0n) is 12.6. The summed E-state index contributed by atoms with van der Waals surface area (Å²) < 4.78 is 0. The quantitative estimate of drug-likeness (QED) is 0.804. The Balaban J connectivity index is 0.00000361. The molecular weight excluding hydrogens is 298 g/mol. The third kappa shape index (κ3) is 5.14. The summed E-state index contributed by atoms with van der Waals surface area (Å²) in [5.74, 6) is 0.747. The summed E-state index contributed by atoms with van der Waals surface area (Å²) in [5.41, 5.74) is 5.73. The summed E-state index contributed by atoms with van der Waals surface area (Å²) in [4.78, 5) is 25.7. The number of nitrogens with zero attached hydrogens (tertiary/aromatic N) is 1. The van der Waals surface area contributed by atoms with E-state index in [1.54, 1.807) is 0 Å². The van der Waals surface area contributed by atoms with Gasteiger partial charge in [-0.3, -0.25) is 9.59 Å². The van der Waals surface area contributed by atoms with Gasteiger partial charge in [0.1, 0.15) is 0 Å². The maximum absolute atomic E-state index is 12.1. The number of nitrogens with two attached hydrogens (primary N) is 1. The maximum Gasteiger partial charge on any atom is 0.242 e. The second-order valence-electron chi connectivity index (χ2n) is 5.39. The highest BCUT2D eigenvalue weighted by atomic mass is 35.5. The molecule has 1 aliphatic heterocycles. The second kappa shape index (κ2) is 8.74. The number of halogens is 1. The number of hydrogen-bond acceptors (Lipinski definition) is 4. The first-order valence-electron chi connectivity index (χ1n) is 6.79. The van der Waals surface area contributed by atoms with Gasteiger partial charge in [-0.2, -0.15) is 11.8 Å². The molecule has 7 heteroatoms. The van der Waals surface area contributed by atoms with E-state index in [0.717, 1.165) is 12.3 Å². The van der Waals surface area contributed by atoms with Gasteiger partial charge in [0.05, 0.1) is 12.6 Å². The zero-order chi connectivity index (χ0) is 14.6. The Morgan fingerprint density at radius 1 is 1.40 bits per heavy atom. The smallest absolute Gasteiger partial charge is 0.242 e. The van der Waals surface area contributed by atoms with Crippen molar-refractivity contribution in [2.75, 3.05) is 18.8 Å². The number of carbonyl (C=O) groups excluding carboxylic acids is 2. The van der Waals surface area contributed by atoms with Gasteiger partial charge < -0.3 is 16.0 Å². The summed E-state index contributed by atoms with van der Waals surface area (Å²) >= 11 is 1.88. The van der Waals surface area contributed by atoms with E-state index in [1.807, 2.05) is 30.5 Å². The minimum atomic E-state index is -0.555. The SMILES string of the molecule is CC1SCCN(C(=O)CNC(=O)[C@@H](N)C(C)C)C1C.Cl. The van der Waals surface area contributed by atoms with E-state index in [4.69, 9.17) is 5.73 Å². The summed E-state index contributed by atoms with van der Waals surface area (Å²) in [5, 5.41) is 3.07. The van der Waals surface area contributed by atoms with Gasteiger partial charge in [0, 0.05) is 23.6 Å². The number of nitrogens with one attached hydrogen (secondary N) is 1. The van der Waals surface area contributed by atoms with Crippen molar-refractivity contribution in [2.45, 2.75) is 45.0 Å². The van der Waals surface area contributed by atoms with Crippen LogP contribution < -0.4 is 11.1 Å². The molecule has 0 radical (unpaired) electrons. The number of thioether (sulfide) groups is 1. The zero-order valence-corrected chi connectivity index (χ0v) is 14.2. The lowest BCUT2D eigenvalue weighted by atomic mass is 10.1. The van der Waals surface area contributed by atoms with Crippen molar-refractivity contribution in [3.05, 3.63) is 0 Å². The molecule has 118 valence electrons. The molecule has 1 saturated heterocycles. The Morgan fingerprint density at radius 2 is 2.00 bits per heavy atom. The van der Waals surface area contributed by atoms with E-state index in [2.05, 4.69) is 19.2 Å². The highest BCUT2D eigenvalue weighted by Gasteiger charge is 2.29. The lowest BCUT2D eigenvalue weighted by molar-refractivity contribution is -0.134. The normalized spacial score (nSPS) is 24.0. The summed E-state index contributed by atoms with van der Waals surface area (Å²) in [6.07, 6.45) is 0. The fourth-order valence-electron chi connectivity index (χ4n) is 1.97. The topological polar surface area (TPSA) is 75.4 Å². The average Bonchev–Trinajstić information content (AvgIpc) is 2.37. The number of hydrogen-bond donors (Lipinski definition) is 2. The van der Waals surface area contributed by atoms with Gasteiger partial charge in [0.25, 0.3) is 0 Å². The Kier molecular flexibility index (Phi) is 8.54. The molecule has 0 aliphatic carbocycles. The monoisotopic (exact) mass is 323 g/mol. The third-order valence-corrected chi connectivity index (χ3v) is 4.98. The molecule has 3 atom stereocenters. The minimum Gasteiger partial charge on any atom is -0.346 e. The molecule has 1 rings (SSSR count). The first-order valence-corrected chi connectivity index (χ1v) is 7.83. The lowest BCUT2D eigenvalue weighted by Gasteiger charge is -2.37. The first kappa shape index (κ1) is 19.5. The van der Waals surface area contributed by atoms with Crippen molar-refractivity contribution in [1.82, 2.24) is 10.2 Å². The van der Waals surface area contributed by atoms with Crippen LogP contribution in [0, 0.1) is 5.92 Å². The van der Waals surface area contributed by atoms with E-state index in [9.17, 15) is 9.59 Å². The summed E-state index contributed by atoms with van der Waals surface area (Å²) in [6.45, 7) is 8.75. The molecule has 3 N–H and O–H groups in total. The van der Waals surface area contributed by atoms with Gasteiger partial charge in [-0.15, -0.1) is 12.4 Å². The molecule has 0 spiro atoms. The predicted molar refractivity (Wildman–Crippen MR) is 86.2 cm³/mol. The van der Waals surface area contributed by atoms with Crippen molar-refractivity contribution in [3.63, 3.8) is 0 Å². The minimum absolute atomic E-state index is 0. The maximum atomic E-state index is 12.1. The molecule has 0 aromatic heterocycles. The van der Waals surface area contributed by atoms with Crippen LogP contribution in [0.2, 0.25) is 0 Å². The van der Waals surface area contributed by atoms with Crippen molar-refractivity contribution >= 4 is 36.0 Å². The van der Waals surface area contributed by atoms with Crippen LogP contribution in [0.5, 0.6) is 0 Å². The van der Waals surface area contributed by atoms with Gasteiger partial charge in [-0.25, -0.2) is 0 Å². The van der Waals surface area contributed by atoms with Crippen molar-refractivity contribution in [2.24, 2.45) is 11.7 Å². The summed E-state index contributed by atoms with van der Waals surface area (Å²) in [6, 6.07) is -0.344. The lowest BCUT2D eigenvalue weighted by Crippen LogP contribution is -2.53. The van der Waals surface area contributed by atoms with Crippen LogP contribution in [-0.2, 0) is 9.59 Å². The summed E-state index contributed by atoms with van der Waals surface area (Å²) in [7, 11) is 0. The van der Waals surface area contributed by atoms with E-state index in [1.165, 1.54) is 0 Å². The number of carbonyl (C=O) groups is 2. The molecule has 0 aromatic carbocycles. The van der Waals surface area contributed by atoms with Gasteiger partial charge in [-0.1, -0.05) is 20.8 Å². The van der Waals surface area contributed by atoms with Gasteiger partial charge in [0.2, 0.25) is 11.8 Å². The van der Waals surface area contributed by atoms with Gasteiger partial charge >= 0.3 is 0 Å². The van der Waals surface area contributed by atoms with Crippen LogP contribution in [-0.4, -0.2) is 52.9 Å². The van der Waals surface area contributed by atoms with E-state index >= 15 is 0 Å². The van der Waals surface area contributed by atoms with Gasteiger partial charge in [0.15, 0.2) is 0 Å². The molecule has 1 fully saturated rings. The van der Waals surface area contributed by atoms with Crippen molar-refractivity contribution in [1.29, 1.82) is 0 Å². The van der Waals surface area contributed by atoms with Crippen LogP contribution in [0.4, 0.5) is 0 Å². The van der Waals surface area contributed by atoms with E-state index < -0.39 is 6.04 Å². The molecule has 1 aliphatic rings. The van der Waals surface area contributed by atoms with Gasteiger partial charge in [-0.05, 0) is 12.8 Å². The van der Waals surface area contributed by atoms with Crippen molar-refractivity contribution < 1.29 is 9.59 Å². The molecule has 5 nitrogen and oxygen atoms in total. The molecule has 2 amide bonds. The highest BCUT2D eigenvalue weighted by Crippen LogP contribution is 2.23. The fraction of sp³-hybridized carbons (Fsp3) is 0.846. The average molecular weight is 324 g/mol. The first-order chi connectivity index (χ1) is 8.84. The second-order valence-corrected chi connectivity index (χ2v) is 6.88. The van der Waals surface area contributed by atoms with Crippen LogP contribution >= 0.6 is 24.2 Å². The van der Waals surface area contributed by atoms with E-state index in [-0.39, 0.29) is 42.7 Å². The molecule has 0 aromatic rings. The molecule has 0 saturated carbocycles. The van der Waals surface area contributed by atoms with E-state index in [0.29, 0.717) is 5.25 Å². The Bertz CT molecular complexity index is 342. The number of rotatable bonds is 4. The Morgan fingerprint density at radius 3 is 2.55 bits per heavy atom. The van der Waals surface area contributed by atoms with Crippen molar-refractivity contribution in [3.8, 4) is 0 Å². The molecule has 0 bridgehead atoms. The Labute approximate surface area is 131 Å². The fourth-order valence-corrected chi connectivity index (χ4v) is 3.07. The number of amides is 2. The molecular formula is C13H26ClN3O2S. The third-order valence-electron chi connectivity index (χ3n) is 3.64. The highest BCUT2D eigenvalue weighted by molar-refractivity contribution is 8.00. The van der Waals surface area contributed by atoms with Crippen LogP contribution in [0.1, 0.15) is 27.7 Å². The van der Waals surface area contributed by atoms with Crippen LogP contribution in [0.25, 0.3) is 0 Å².